The molecule has 13 heavy (non-hydrogen) atoms. The molecule has 0 radical (unpaired) electrons. The van der Waals surface area contributed by atoms with Gasteiger partial charge in [0, 0.05) is 12.3 Å². The van der Waals surface area contributed by atoms with Crippen LogP contribution in [0.3, 0.4) is 0 Å². The van der Waals surface area contributed by atoms with Gasteiger partial charge in [0.05, 0.1) is 0 Å². The fraction of sp³-hybridized carbons (Fsp3) is 0.917. The van der Waals surface area contributed by atoms with Crippen molar-refractivity contribution >= 4 is 5.78 Å². The first-order valence-electron chi connectivity index (χ1n) is 5.75. The highest BCUT2D eigenvalue weighted by atomic mass is 16.1. The minimum atomic E-state index is 0.474. The topological polar surface area (TPSA) is 17.1 Å². The van der Waals surface area contributed by atoms with Crippen LogP contribution in [0.15, 0.2) is 0 Å². The molecule has 0 heterocycles. The second-order valence-electron chi connectivity index (χ2n) is 5.51. The van der Waals surface area contributed by atoms with Gasteiger partial charge >= 0.3 is 0 Å². The Kier molecular flexibility index (Phi) is 1.46. The summed E-state index contributed by atoms with van der Waals surface area (Å²) in [5.41, 5.74) is 0.624. The van der Waals surface area contributed by atoms with Crippen LogP contribution in [0.1, 0.15) is 45.4 Å². The zero-order chi connectivity index (χ0) is 9.05. The zero-order valence-electron chi connectivity index (χ0n) is 8.38. The Morgan fingerprint density at radius 1 is 1.38 bits per heavy atom. The zero-order valence-corrected chi connectivity index (χ0v) is 8.38. The van der Waals surface area contributed by atoms with Crippen molar-refractivity contribution in [2.24, 2.45) is 23.2 Å². The monoisotopic (exact) mass is 178 g/mol. The number of rotatable bonds is 0. The lowest BCUT2D eigenvalue weighted by Gasteiger charge is -2.36. The van der Waals surface area contributed by atoms with Crippen molar-refractivity contribution in [3.63, 3.8) is 0 Å². The number of hydrogen-bond donors (Lipinski definition) is 0. The third-order valence-electron chi connectivity index (χ3n) is 5.23. The maximum absolute atomic E-state index is 11.6. The number of fused-ring (bicyclic) bond motifs is 1. The van der Waals surface area contributed by atoms with Crippen molar-refractivity contribution in [3.05, 3.63) is 0 Å². The van der Waals surface area contributed by atoms with Crippen LogP contribution in [0.4, 0.5) is 0 Å². The van der Waals surface area contributed by atoms with Crippen LogP contribution in [-0.2, 0) is 4.79 Å². The predicted molar refractivity (Wildman–Crippen MR) is 51.3 cm³/mol. The summed E-state index contributed by atoms with van der Waals surface area (Å²) in [4.78, 5) is 11.6. The van der Waals surface area contributed by atoms with Gasteiger partial charge in [-0.2, -0.15) is 0 Å². The molecule has 0 amide bonds. The molecule has 0 aliphatic heterocycles. The number of carbonyl (C=O) groups excluding carboxylic acids is 1. The number of Topliss-reactive ketones (excluding diaryl/α,β-unsaturated/α-hetero) is 1. The van der Waals surface area contributed by atoms with Gasteiger partial charge in [0.2, 0.25) is 0 Å². The van der Waals surface area contributed by atoms with Crippen molar-refractivity contribution in [1.29, 1.82) is 0 Å². The molecule has 3 aliphatic carbocycles. The molecule has 3 fully saturated rings. The molecule has 0 aromatic rings. The molecule has 3 aliphatic rings. The summed E-state index contributed by atoms with van der Waals surface area (Å²) in [5, 5.41) is 0. The molecular weight excluding hydrogens is 160 g/mol. The number of hydrogen-bond acceptors (Lipinski definition) is 1. The van der Waals surface area contributed by atoms with Gasteiger partial charge < -0.3 is 0 Å². The molecule has 1 nitrogen and oxygen atoms in total. The van der Waals surface area contributed by atoms with Crippen LogP contribution < -0.4 is 0 Å². The van der Waals surface area contributed by atoms with Crippen molar-refractivity contribution in [2.75, 3.05) is 0 Å². The Bertz CT molecular complexity index is 258. The standard InChI is InChI=1S/C12H18O/c1-8-2-3-10-6-9-7-12(8,10)5-4-11(9)13/h8-10H,2-7H2,1H3/t8-,9-,10+,12-/m1/s1. The van der Waals surface area contributed by atoms with Gasteiger partial charge in [0.25, 0.3) is 0 Å². The van der Waals surface area contributed by atoms with E-state index in [1.807, 2.05) is 0 Å². The maximum atomic E-state index is 11.6. The lowest BCUT2D eigenvalue weighted by Crippen LogP contribution is -2.31. The molecule has 1 heteroatoms. The summed E-state index contributed by atoms with van der Waals surface area (Å²) in [7, 11) is 0. The highest BCUT2D eigenvalue weighted by Gasteiger charge is 2.57. The van der Waals surface area contributed by atoms with E-state index in [1.54, 1.807) is 0 Å². The summed E-state index contributed by atoms with van der Waals surface area (Å²) in [6.07, 6.45) is 7.43. The summed E-state index contributed by atoms with van der Waals surface area (Å²) >= 11 is 0. The molecule has 3 rings (SSSR count). The minimum Gasteiger partial charge on any atom is -0.299 e. The van der Waals surface area contributed by atoms with E-state index in [0.717, 1.165) is 18.3 Å². The largest absolute Gasteiger partial charge is 0.299 e. The Balaban J connectivity index is 1.97. The average Bonchev–Trinajstić information content (AvgIpc) is 2.57. The smallest absolute Gasteiger partial charge is 0.136 e. The minimum absolute atomic E-state index is 0.474. The summed E-state index contributed by atoms with van der Waals surface area (Å²) < 4.78 is 0. The maximum Gasteiger partial charge on any atom is 0.136 e. The predicted octanol–water partition coefficient (Wildman–Crippen LogP) is 2.79. The fourth-order valence-electron chi connectivity index (χ4n) is 4.39. The van der Waals surface area contributed by atoms with Gasteiger partial charge in [-0.1, -0.05) is 6.92 Å². The average molecular weight is 178 g/mol. The first-order valence-corrected chi connectivity index (χ1v) is 5.75. The third kappa shape index (κ3) is 0.858. The van der Waals surface area contributed by atoms with Gasteiger partial charge in [-0.15, -0.1) is 0 Å². The second kappa shape index (κ2) is 2.37. The van der Waals surface area contributed by atoms with Gasteiger partial charge in [0.1, 0.15) is 5.78 Å². The fourth-order valence-corrected chi connectivity index (χ4v) is 4.39. The summed E-state index contributed by atoms with van der Waals surface area (Å²) in [6, 6.07) is 0. The van der Waals surface area contributed by atoms with E-state index in [0.29, 0.717) is 17.1 Å². The normalized spacial score (nSPS) is 53.9. The number of carbonyl (C=O) groups is 1. The highest BCUT2D eigenvalue weighted by Crippen LogP contribution is 2.63. The molecular formula is C12H18O. The van der Waals surface area contributed by atoms with E-state index < -0.39 is 0 Å². The van der Waals surface area contributed by atoms with E-state index in [1.165, 1.54) is 32.1 Å². The van der Waals surface area contributed by atoms with Crippen molar-refractivity contribution in [2.45, 2.75) is 45.4 Å². The second-order valence-corrected chi connectivity index (χ2v) is 5.51. The van der Waals surface area contributed by atoms with E-state index in [-0.39, 0.29) is 0 Å². The third-order valence-corrected chi connectivity index (χ3v) is 5.23. The first-order chi connectivity index (χ1) is 6.22. The Morgan fingerprint density at radius 3 is 3.08 bits per heavy atom. The molecule has 0 saturated heterocycles. The lowest BCUT2D eigenvalue weighted by molar-refractivity contribution is -0.125. The van der Waals surface area contributed by atoms with Crippen LogP contribution >= 0.6 is 0 Å². The van der Waals surface area contributed by atoms with Gasteiger partial charge in [-0.25, -0.2) is 0 Å². The van der Waals surface area contributed by atoms with Gasteiger partial charge in [-0.3, -0.25) is 4.79 Å². The Labute approximate surface area is 79.9 Å². The molecule has 0 unspecified atom stereocenters. The van der Waals surface area contributed by atoms with Crippen LogP contribution in [0.2, 0.25) is 0 Å². The van der Waals surface area contributed by atoms with E-state index in [2.05, 4.69) is 6.92 Å². The van der Waals surface area contributed by atoms with Crippen LogP contribution in [0.25, 0.3) is 0 Å². The molecule has 3 saturated carbocycles. The highest BCUT2D eigenvalue weighted by molar-refractivity contribution is 5.82. The molecule has 0 N–H and O–H groups in total. The van der Waals surface area contributed by atoms with Crippen molar-refractivity contribution < 1.29 is 4.79 Å². The molecule has 0 aromatic carbocycles. The molecule has 4 atom stereocenters. The van der Waals surface area contributed by atoms with E-state index >= 15 is 0 Å². The van der Waals surface area contributed by atoms with Crippen molar-refractivity contribution in [3.8, 4) is 0 Å². The van der Waals surface area contributed by atoms with Crippen LogP contribution in [0.5, 0.6) is 0 Å². The van der Waals surface area contributed by atoms with E-state index in [4.69, 9.17) is 0 Å². The molecule has 1 spiro atoms. The molecule has 72 valence electrons. The summed E-state index contributed by atoms with van der Waals surface area (Å²) in [5.74, 6) is 2.86. The van der Waals surface area contributed by atoms with Gasteiger partial charge in [0.15, 0.2) is 0 Å². The van der Waals surface area contributed by atoms with Crippen LogP contribution in [-0.4, -0.2) is 5.78 Å². The van der Waals surface area contributed by atoms with Gasteiger partial charge in [-0.05, 0) is 49.4 Å². The molecule has 0 aromatic heterocycles. The molecule has 2 bridgehead atoms. The lowest BCUT2D eigenvalue weighted by atomic mass is 9.68. The Morgan fingerprint density at radius 2 is 2.23 bits per heavy atom. The first kappa shape index (κ1) is 8.02. The summed E-state index contributed by atoms with van der Waals surface area (Å²) in [6.45, 7) is 2.41. The Hall–Kier alpha value is -0.330. The van der Waals surface area contributed by atoms with Crippen LogP contribution in [0, 0.1) is 23.2 Å². The van der Waals surface area contributed by atoms with E-state index in [9.17, 15) is 4.79 Å². The quantitative estimate of drug-likeness (QED) is 0.557. The number of ketones is 1. The van der Waals surface area contributed by atoms with Crippen molar-refractivity contribution in [1.82, 2.24) is 0 Å². The SMILES string of the molecule is C[C@@H]1CC[C@H]2C[C@@H]3C[C@@]21CCC3=O.